The van der Waals surface area contributed by atoms with E-state index in [9.17, 15) is 4.21 Å². The fourth-order valence-electron chi connectivity index (χ4n) is 3.33. The number of thiazole rings is 1. The van der Waals surface area contributed by atoms with Crippen LogP contribution in [0.5, 0.6) is 0 Å². The van der Waals surface area contributed by atoms with Crippen LogP contribution in [0, 0.1) is 4.78 Å². The average Bonchev–Trinajstić information content (AvgIpc) is 3.15. The van der Waals surface area contributed by atoms with Gasteiger partial charge < -0.3 is 4.90 Å². The van der Waals surface area contributed by atoms with Gasteiger partial charge >= 0.3 is 0 Å². The Balaban J connectivity index is 1.42. The van der Waals surface area contributed by atoms with Gasteiger partial charge in [0, 0.05) is 50.9 Å². The summed E-state index contributed by atoms with van der Waals surface area (Å²) >= 11 is 1.67. The number of nitrogens with one attached hydrogen (secondary N) is 1. The lowest BCUT2D eigenvalue weighted by Gasteiger charge is -2.38. The molecule has 142 valence electrons. The molecule has 1 fully saturated rings. The molecule has 4 rings (SSSR count). The lowest BCUT2D eigenvalue weighted by atomic mass is 10.1. The van der Waals surface area contributed by atoms with E-state index in [1.54, 1.807) is 11.3 Å². The van der Waals surface area contributed by atoms with E-state index in [0.29, 0.717) is 16.9 Å². The minimum absolute atomic E-state index is 0.328. The number of piperazine rings is 1. The van der Waals surface area contributed by atoms with Crippen LogP contribution in [0.3, 0.4) is 0 Å². The second kappa shape index (κ2) is 7.14. The van der Waals surface area contributed by atoms with Gasteiger partial charge in [0.1, 0.15) is 0 Å². The first-order chi connectivity index (χ1) is 12.9. The van der Waals surface area contributed by atoms with E-state index in [2.05, 4.69) is 49.9 Å². The highest BCUT2D eigenvalue weighted by Crippen LogP contribution is 2.27. The second-order valence-electron chi connectivity index (χ2n) is 6.84. The molecule has 27 heavy (non-hydrogen) atoms. The maximum absolute atomic E-state index is 11.8. The van der Waals surface area contributed by atoms with Crippen LogP contribution in [0.15, 0.2) is 41.0 Å². The minimum Gasteiger partial charge on any atom is -0.338 e. The van der Waals surface area contributed by atoms with Crippen LogP contribution in [-0.2, 0) is 9.73 Å². The fraction of sp³-hybridized carbons (Fsp3) is 0.389. The highest BCUT2D eigenvalue weighted by molar-refractivity contribution is 7.91. The summed E-state index contributed by atoms with van der Waals surface area (Å²) in [6.45, 7) is 5.76. The van der Waals surface area contributed by atoms with Crippen LogP contribution in [0.1, 0.15) is 18.5 Å². The minimum atomic E-state index is -2.77. The van der Waals surface area contributed by atoms with E-state index in [1.165, 1.54) is 28.9 Å². The van der Waals surface area contributed by atoms with Crippen molar-refractivity contribution in [3.8, 4) is 0 Å². The molecule has 1 N–H and O–H groups in total. The Morgan fingerprint density at radius 2 is 1.85 bits per heavy atom. The van der Waals surface area contributed by atoms with E-state index in [1.807, 2.05) is 5.51 Å². The molecular weight excluding hydrogens is 380 g/mol. The van der Waals surface area contributed by atoms with Gasteiger partial charge in [-0.15, -0.1) is 11.3 Å². The Kier molecular flexibility index (Phi) is 4.83. The smallest absolute Gasteiger partial charge is 0.225 e. The monoisotopic (exact) mass is 402 g/mol. The van der Waals surface area contributed by atoms with Gasteiger partial charge in [-0.25, -0.2) is 23.9 Å². The third-order valence-corrected chi connectivity index (χ3v) is 6.97. The van der Waals surface area contributed by atoms with Crippen molar-refractivity contribution in [3.63, 3.8) is 0 Å². The van der Waals surface area contributed by atoms with Gasteiger partial charge in [0.05, 0.1) is 30.4 Å². The van der Waals surface area contributed by atoms with E-state index in [4.69, 9.17) is 4.78 Å². The molecule has 0 amide bonds. The number of rotatable bonds is 4. The molecule has 0 aliphatic carbocycles. The number of fused-ring (bicyclic) bond motifs is 1. The zero-order valence-electron chi connectivity index (χ0n) is 15.3. The summed E-state index contributed by atoms with van der Waals surface area (Å²) in [5.74, 6) is 0.638. The summed E-state index contributed by atoms with van der Waals surface area (Å²) in [7, 11) is -2.77. The summed E-state index contributed by atoms with van der Waals surface area (Å²) in [5.41, 5.74) is 4.25. The molecule has 3 heterocycles. The molecule has 1 aromatic carbocycles. The summed E-state index contributed by atoms with van der Waals surface area (Å²) in [4.78, 5) is 18.0. The summed E-state index contributed by atoms with van der Waals surface area (Å²) in [5, 5.41) is 0. The first kappa shape index (κ1) is 18.3. The number of aromatic nitrogens is 3. The Morgan fingerprint density at radius 3 is 2.52 bits per heavy atom. The number of hydrogen-bond acceptors (Lipinski definition) is 8. The predicted octanol–water partition coefficient (Wildman–Crippen LogP) is 3.00. The Bertz CT molecular complexity index is 1040. The van der Waals surface area contributed by atoms with E-state index in [-0.39, 0.29) is 0 Å². The number of anilines is 1. The van der Waals surface area contributed by atoms with Gasteiger partial charge in [-0.2, -0.15) is 0 Å². The molecule has 1 saturated heterocycles. The van der Waals surface area contributed by atoms with Crippen molar-refractivity contribution in [2.75, 3.05) is 37.3 Å². The number of nitrogens with zero attached hydrogens (tertiary/aromatic N) is 5. The zero-order valence-corrected chi connectivity index (χ0v) is 17.0. The Labute approximate surface area is 163 Å². The largest absolute Gasteiger partial charge is 0.338 e. The molecular formula is C18H22N6OS2. The lowest BCUT2D eigenvalue weighted by Crippen LogP contribution is -2.47. The normalized spacial score (nSPS) is 19.1. The standard InChI is InChI=1S/C18H22N6OS2/c1-13(14-3-4-17-16(9-14)22-12-26-17)23-5-7-24(8-6-23)18-20-10-15(11-21-18)27(2,19)25/h3-4,9-13,19H,5-8H2,1-2H3. The highest BCUT2D eigenvalue weighted by Gasteiger charge is 2.23. The first-order valence-electron chi connectivity index (χ1n) is 8.80. The van der Waals surface area contributed by atoms with Gasteiger partial charge in [0.15, 0.2) is 0 Å². The van der Waals surface area contributed by atoms with Crippen molar-refractivity contribution in [3.05, 3.63) is 41.7 Å². The molecule has 0 bridgehead atoms. The number of hydrogen-bond donors (Lipinski definition) is 1. The Morgan fingerprint density at radius 1 is 1.15 bits per heavy atom. The van der Waals surface area contributed by atoms with Crippen molar-refractivity contribution < 1.29 is 4.21 Å². The summed E-state index contributed by atoms with van der Waals surface area (Å²) in [6, 6.07) is 6.87. The number of benzene rings is 1. The van der Waals surface area contributed by atoms with Crippen molar-refractivity contribution in [2.45, 2.75) is 17.9 Å². The van der Waals surface area contributed by atoms with Crippen LogP contribution in [-0.4, -0.2) is 56.5 Å². The fourth-order valence-corrected chi connectivity index (χ4v) is 4.50. The predicted molar refractivity (Wildman–Crippen MR) is 109 cm³/mol. The average molecular weight is 403 g/mol. The molecule has 7 nitrogen and oxygen atoms in total. The third-order valence-electron chi connectivity index (χ3n) is 5.05. The molecule has 2 unspecified atom stereocenters. The van der Waals surface area contributed by atoms with Crippen LogP contribution in [0.2, 0.25) is 0 Å². The molecule has 0 spiro atoms. The second-order valence-corrected chi connectivity index (χ2v) is 9.89. The van der Waals surface area contributed by atoms with Gasteiger partial charge in [0.2, 0.25) is 5.95 Å². The van der Waals surface area contributed by atoms with Crippen molar-refractivity contribution in [1.82, 2.24) is 19.9 Å². The van der Waals surface area contributed by atoms with Gasteiger partial charge in [-0.3, -0.25) is 4.90 Å². The molecule has 2 aromatic heterocycles. The lowest BCUT2D eigenvalue weighted by molar-refractivity contribution is 0.198. The third kappa shape index (κ3) is 3.80. The van der Waals surface area contributed by atoms with Crippen LogP contribution >= 0.6 is 11.3 Å². The van der Waals surface area contributed by atoms with Crippen LogP contribution in [0.4, 0.5) is 5.95 Å². The molecule has 0 saturated carbocycles. The van der Waals surface area contributed by atoms with Crippen molar-refractivity contribution >= 4 is 37.2 Å². The van der Waals surface area contributed by atoms with Gasteiger partial charge in [0.25, 0.3) is 0 Å². The highest BCUT2D eigenvalue weighted by atomic mass is 32.2. The van der Waals surface area contributed by atoms with E-state index in [0.717, 1.165) is 31.7 Å². The topological polar surface area (TPSA) is 86.1 Å². The summed E-state index contributed by atoms with van der Waals surface area (Å²) < 4.78 is 20.6. The molecule has 0 radical (unpaired) electrons. The first-order valence-corrected chi connectivity index (χ1v) is 11.6. The van der Waals surface area contributed by atoms with E-state index < -0.39 is 9.73 Å². The van der Waals surface area contributed by atoms with Crippen LogP contribution < -0.4 is 4.90 Å². The molecule has 1 aliphatic heterocycles. The SMILES string of the molecule is CC(c1ccc2scnc2c1)N1CCN(c2ncc(S(C)(=N)=O)cn2)CC1. The van der Waals surface area contributed by atoms with Crippen LogP contribution in [0.25, 0.3) is 10.2 Å². The maximum Gasteiger partial charge on any atom is 0.225 e. The Hall–Kier alpha value is -2.10. The maximum atomic E-state index is 11.8. The molecule has 3 aromatic rings. The zero-order chi connectivity index (χ0) is 19.0. The molecule has 2 atom stereocenters. The van der Waals surface area contributed by atoms with Crippen molar-refractivity contribution in [1.29, 1.82) is 4.78 Å². The van der Waals surface area contributed by atoms with Gasteiger partial charge in [-0.05, 0) is 24.6 Å². The van der Waals surface area contributed by atoms with E-state index >= 15 is 0 Å². The quantitative estimate of drug-likeness (QED) is 0.722. The summed E-state index contributed by atoms with van der Waals surface area (Å²) in [6.07, 6.45) is 4.40. The molecule has 1 aliphatic rings. The van der Waals surface area contributed by atoms with Crippen molar-refractivity contribution in [2.24, 2.45) is 0 Å². The molecule has 9 heteroatoms. The van der Waals surface area contributed by atoms with Gasteiger partial charge in [-0.1, -0.05) is 6.07 Å².